The number of amides is 1. The van der Waals surface area contributed by atoms with E-state index < -0.39 is 29.8 Å². The van der Waals surface area contributed by atoms with Crippen molar-refractivity contribution in [3.05, 3.63) is 35.5 Å². The van der Waals surface area contributed by atoms with Crippen molar-refractivity contribution in [2.45, 2.75) is 44.9 Å². The quantitative estimate of drug-likeness (QED) is 0.800. The minimum Gasteiger partial charge on any atom is -0.480 e. The number of carbonyl (C=O) groups excluding carboxylic acids is 1. The molecular formula is C19H21ClN2O5. The first kappa shape index (κ1) is 19.2. The molecule has 0 bridgehead atoms. The third kappa shape index (κ3) is 4.42. The molecule has 1 unspecified atom stereocenters. The molecule has 1 N–H and O–H groups in total. The molecule has 2 atom stereocenters. The number of carbonyl (C=O) groups is 2. The molecular weight excluding hydrogens is 372 g/mol. The van der Waals surface area contributed by atoms with Crippen LogP contribution in [0.3, 0.4) is 0 Å². The Morgan fingerprint density at radius 3 is 2.67 bits per heavy atom. The summed E-state index contributed by atoms with van der Waals surface area (Å²) in [6.45, 7) is 5.28. The first-order chi connectivity index (χ1) is 12.6. The highest BCUT2D eigenvalue weighted by Crippen LogP contribution is 2.30. The molecule has 0 aliphatic carbocycles. The maximum Gasteiger partial charge on any atom is 0.411 e. The average molecular weight is 393 g/mol. The number of nitrogens with zero attached hydrogens (tertiary/aromatic N) is 2. The molecule has 3 rings (SSSR count). The summed E-state index contributed by atoms with van der Waals surface area (Å²) in [4.78, 5) is 29.4. The molecule has 27 heavy (non-hydrogen) atoms. The topological polar surface area (TPSA) is 89.0 Å². The molecule has 2 aromatic rings. The van der Waals surface area contributed by atoms with Gasteiger partial charge < -0.3 is 14.6 Å². The number of rotatable bonds is 3. The summed E-state index contributed by atoms with van der Waals surface area (Å²) in [7, 11) is 0. The van der Waals surface area contributed by atoms with Gasteiger partial charge in [0.2, 0.25) is 5.88 Å². The summed E-state index contributed by atoms with van der Waals surface area (Å²) in [5.74, 6) is -0.783. The Labute approximate surface area is 161 Å². The van der Waals surface area contributed by atoms with Crippen LogP contribution < -0.4 is 4.74 Å². The summed E-state index contributed by atoms with van der Waals surface area (Å²) >= 11 is 6.07. The van der Waals surface area contributed by atoms with Crippen LogP contribution in [-0.4, -0.2) is 51.3 Å². The van der Waals surface area contributed by atoms with Gasteiger partial charge in [0.1, 0.15) is 22.9 Å². The highest BCUT2D eigenvalue weighted by molar-refractivity contribution is 6.30. The van der Waals surface area contributed by atoms with Crippen molar-refractivity contribution < 1.29 is 24.2 Å². The summed E-state index contributed by atoms with van der Waals surface area (Å²) in [5.41, 5.74) is -0.718. The van der Waals surface area contributed by atoms with E-state index in [1.165, 1.54) is 4.90 Å². The lowest BCUT2D eigenvalue weighted by Gasteiger charge is -2.26. The zero-order chi connectivity index (χ0) is 19.8. The van der Waals surface area contributed by atoms with Gasteiger partial charge in [-0.15, -0.1) is 0 Å². The maximum absolute atomic E-state index is 12.4. The number of aromatic nitrogens is 1. The number of halogens is 1. The van der Waals surface area contributed by atoms with E-state index in [1.807, 2.05) is 24.3 Å². The second-order valence-electron chi connectivity index (χ2n) is 7.43. The van der Waals surface area contributed by atoms with Gasteiger partial charge in [-0.2, -0.15) is 0 Å². The van der Waals surface area contributed by atoms with Crippen LogP contribution in [0.2, 0.25) is 5.15 Å². The van der Waals surface area contributed by atoms with E-state index >= 15 is 0 Å². The summed E-state index contributed by atoms with van der Waals surface area (Å²) in [6.07, 6.45) is -1.07. The molecule has 0 radical (unpaired) electrons. The number of pyridine rings is 1. The van der Waals surface area contributed by atoms with Crippen molar-refractivity contribution >= 4 is 34.4 Å². The van der Waals surface area contributed by atoms with Crippen LogP contribution in [0.5, 0.6) is 5.88 Å². The maximum atomic E-state index is 12.4. The molecule has 1 aromatic heterocycles. The molecule has 0 saturated carbocycles. The van der Waals surface area contributed by atoms with Crippen molar-refractivity contribution in [2.24, 2.45) is 0 Å². The normalized spacial score (nSPS) is 19.9. The van der Waals surface area contributed by atoms with Crippen molar-refractivity contribution in [3.63, 3.8) is 0 Å². The van der Waals surface area contributed by atoms with Gasteiger partial charge in [0.05, 0.1) is 6.54 Å². The Bertz CT molecular complexity index is 880. The molecule has 2 heterocycles. The molecule has 7 nitrogen and oxygen atoms in total. The standard InChI is InChI=1S/C19H21ClN2O5/c1-19(2,3)27-18(25)22-10-12(9-14(22)17(23)24)26-16-13-7-5-4-6-11(13)8-15(20)21-16/h4-8,12,14H,9-10H2,1-3H3,(H,23,24)/t12-,14?/m1/s1. The molecule has 1 fully saturated rings. The third-order valence-corrected chi connectivity index (χ3v) is 4.32. The highest BCUT2D eigenvalue weighted by atomic mass is 35.5. The van der Waals surface area contributed by atoms with Crippen LogP contribution in [-0.2, 0) is 9.53 Å². The van der Waals surface area contributed by atoms with Gasteiger partial charge in [0.15, 0.2) is 0 Å². The molecule has 8 heteroatoms. The first-order valence-electron chi connectivity index (χ1n) is 8.58. The Morgan fingerprint density at radius 2 is 2.00 bits per heavy atom. The van der Waals surface area contributed by atoms with Crippen LogP contribution in [0, 0.1) is 0 Å². The van der Waals surface area contributed by atoms with Crippen molar-refractivity contribution in [2.75, 3.05) is 6.54 Å². The molecule has 144 valence electrons. The fourth-order valence-corrected chi connectivity index (χ4v) is 3.22. The number of fused-ring (bicyclic) bond motifs is 1. The van der Waals surface area contributed by atoms with Gasteiger partial charge in [-0.25, -0.2) is 14.6 Å². The minimum absolute atomic E-state index is 0.0917. The van der Waals surface area contributed by atoms with Crippen molar-refractivity contribution in [1.82, 2.24) is 9.88 Å². The SMILES string of the molecule is CC(C)(C)OC(=O)N1C[C@H](Oc2nc(Cl)cc3ccccc23)CC1C(=O)O. The van der Waals surface area contributed by atoms with Crippen molar-refractivity contribution in [3.8, 4) is 5.88 Å². The second-order valence-corrected chi connectivity index (χ2v) is 7.82. The van der Waals surface area contributed by atoms with E-state index in [2.05, 4.69) is 4.98 Å². The Morgan fingerprint density at radius 1 is 1.30 bits per heavy atom. The average Bonchev–Trinajstić information content (AvgIpc) is 2.97. The van der Waals surface area contributed by atoms with Gasteiger partial charge in [-0.3, -0.25) is 4.90 Å². The lowest BCUT2D eigenvalue weighted by atomic mass is 10.1. The zero-order valence-electron chi connectivity index (χ0n) is 15.3. The lowest BCUT2D eigenvalue weighted by molar-refractivity contribution is -0.142. The van der Waals surface area contributed by atoms with Crippen LogP contribution >= 0.6 is 11.6 Å². The van der Waals surface area contributed by atoms with E-state index in [0.29, 0.717) is 5.88 Å². The van der Waals surface area contributed by atoms with Gasteiger partial charge in [0.25, 0.3) is 0 Å². The van der Waals surface area contributed by atoms with Gasteiger partial charge in [-0.05, 0) is 38.3 Å². The predicted octanol–water partition coefficient (Wildman–Crippen LogP) is 3.73. The third-order valence-electron chi connectivity index (χ3n) is 4.13. The first-order valence-corrected chi connectivity index (χ1v) is 8.96. The smallest absolute Gasteiger partial charge is 0.411 e. The van der Waals surface area contributed by atoms with E-state index in [1.54, 1.807) is 26.8 Å². The van der Waals surface area contributed by atoms with Gasteiger partial charge >= 0.3 is 12.1 Å². The summed E-state index contributed by atoms with van der Waals surface area (Å²) < 4.78 is 11.3. The van der Waals surface area contributed by atoms with E-state index in [0.717, 1.165) is 10.8 Å². The molecule has 1 aromatic carbocycles. The van der Waals surface area contributed by atoms with E-state index in [9.17, 15) is 14.7 Å². The molecule has 1 amide bonds. The molecule has 1 saturated heterocycles. The predicted molar refractivity (Wildman–Crippen MR) is 100 cm³/mol. The van der Waals surface area contributed by atoms with Crippen LogP contribution in [0.25, 0.3) is 10.8 Å². The fourth-order valence-electron chi connectivity index (χ4n) is 3.02. The van der Waals surface area contributed by atoms with E-state index in [-0.39, 0.29) is 18.1 Å². The lowest BCUT2D eigenvalue weighted by Crippen LogP contribution is -2.43. The van der Waals surface area contributed by atoms with Gasteiger partial charge in [-0.1, -0.05) is 29.8 Å². The van der Waals surface area contributed by atoms with Gasteiger partial charge in [0, 0.05) is 11.8 Å². The number of aliphatic carboxylic acids is 1. The van der Waals surface area contributed by atoms with Crippen LogP contribution in [0.1, 0.15) is 27.2 Å². The largest absolute Gasteiger partial charge is 0.480 e. The van der Waals surface area contributed by atoms with E-state index in [4.69, 9.17) is 21.1 Å². The summed E-state index contributed by atoms with van der Waals surface area (Å²) in [6, 6.07) is 8.18. The number of carboxylic acid groups (broad SMARTS) is 1. The number of benzene rings is 1. The monoisotopic (exact) mass is 392 g/mol. The molecule has 1 aliphatic heterocycles. The number of hydrogen-bond acceptors (Lipinski definition) is 5. The molecule has 0 spiro atoms. The van der Waals surface area contributed by atoms with Crippen LogP contribution in [0.4, 0.5) is 4.79 Å². The zero-order valence-corrected chi connectivity index (χ0v) is 16.1. The van der Waals surface area contributed by atoms with Crippen LogP contribution in [0.15, 0.2) is 30.3 Å². The number of likely N-dealkylation sites (tertiary alicyclic amines) is 1. The molecule has 1 aliphatic rings. The second kappa shape index (κ2) is 7.23. The number of ether oxygens (including phenoxy) is 2. The Balaban J connectivity index is 1.83. The number of carboxylic acids is 1. The summed E-state index contributed by atoms with van der Waals surface area (Å²) in [5, 5.41) is 11.4. The Hall–Kier alpha value is -2.54. The van der Waals surface area contributed by atoms with Crippen molar-refractivity contribution in [1.29, 1.82) is 0 Å². The minimum atomic E-state index is -1.10. The number of hydrogen-bond donors (Lipinski definition) is 1. The Kier molecular flexibility index (Phi) is 5.15. The fraction of sp³-hybridized carbons (Fsp3) is 0.421. The highest BCUT2D eigenvalue weighted by Gasteiger charge is 2.43.